The van der Waals surface area contributed by atoms with Crippen LogP contribution in [0.1, 0.15) is 29.2 Å². The largest absolute Gasteiger partial charge is 0.491 e. The molecule has 4 aromatic rings. The predicted molar refractivity (Wildman–Crippen MR) is 138 cm³/mol. The van der Waals surface area contributed by atoms with E-state index >= 15 is 0 Å². The van der Waals surface area contributed by atoms with Crippen molar-refractivity contribution in [3.8, 4) is 22.6 Å². The number of carbonyl (C=O) groups is 1. The molecule has 0 atom stereocenters. The molecule has 0 bridgehead atoms. The second kappa shape index (κ2) is 10.3. The lowest BCUT2D eigenvalue weighted by Crippen LogP contribution is -2.28. The molecule has 0 heterocycles. The second-order valence-electron chi connectivity index (χ2n) is 8.65. The van der Waals surface area contributed by atoms with Crippen molar-refractivity contribution >= 4 is 5.97 Å². The summed E-state index contributed by atoms with van der Waals surface area (Å²) in [4.78, 5) is 11.0. The van der Waals surface area contributed by atoms with Crippen molar-refractivity contribution in [3.63, 3.8) is 0 Å². The normalized spacial score (nSPS) is 12.9. The number of carbonyl (C=O) groups excluding carboxylic acids is 1. The molecule has 0 unspecified atom stereocenters. The van der Waals surface area contributed by atoms with Gasteiger partial charge in [0.05, 0.1) is 12.0 Å². The maximum Gasteiger partial charge on any atom is 0.302 e. The molecule has 0 saturated heterocycles. The number of esters is 1. The molecular formula is C31H28O5. The smallest absolute Gasteiger partial charge is 0.302 e. The van der Waals surface area contributed by atoms with Crippen LogP contribution >= 0.6 is 0 Å². The summed E-state index contributed by atoms with van der Waals surface area (Å²) in [5.74, 6) is 1.12. The summed E-state index contributed by atoms with van der Waals surface area (Å²) in [5, 5.41) is 9.12. The van der Waals surface area contributed by atoms with Gasteiger partial charge in [-0.05, 0) is 57.6 Å². The summed E-state index contributed by atoms with van der Waals surface area (Å²) < 4.78 is 16.4. The summed E-state index contributed by atoms with van der Waals surface area (Å²) >= 11 is 0. The fourth-order valence-corrected chi connectivity index (χ4v) is 5.13. The van der Waals surface area contributed by atoms with Gasteiger partial charge in [-0.15, -0.1) is 0 Å². The van der Waals surface area contributed by atoms with Gasteiger partial charge in [0.1, 0.15) is 31.3 Å². The lowest BCUT2D eigenvalue weighted by atomic mass is 9.68. The van der Waals surface area contributed by atoms with Crippen LogP contribution in [0.4, 0.5) is 0 Å². The first-order valence-electron chi connectivity index (χ1n) is 12.0. The number of aliphatic hydroxyl groups is 1. The molecule has 0 saturated carbocycles. The molecule has 0 radical (unpaired) electrons. The van der Waals surface area contributed by atoms with Crippen molar-refractivity contribution < 1.29 is 24.1 Å². The second-order valence-corrected chi connectivity index (χ2v) is 8.65. The molecule has 1 aliphatic carbocycles. The van der Waals surface area contributed by atoms with Gasteiger partial charge in [-0.2, -0.15) is 0 Å². The maximum atomic E-state index is 11.0. The highest BCUT2D eigenvalue weighted by atomic mass is 16.6. The molecule has 1 aliphatic rings. The Bertz CT molecular complexity index is 1300. The predicted octanol–water partition coefficient (Wildman–Crippen LogP) is 5.36. The Balaban J connectivity index is 1.60. The number of ether oxygens (including phenoxy) is 3. The summed E-state index contributed by atoms with van der Waals surface area (Å²) in [6.07, 6.45) is 0. The van der Waals surface area contributed by atoms with Crippen LogP contribution in [0.3, 0.4) is 0 Å². The van der Waals surface area contributed by atoms with E-state index in [1.54, 1.807) is 0 Å². The van der Waals surface area contributed by atoms with E-state index in [2.05, 4.69) is 72.8 Å². The molecule has 182 valence electrons. The monoisotopic (exact) mass is 480 g/mol. The summed E-state index contributed by atoms with van der Waals surface area (Å²) in [6.45, 7) is 2.13. The molecule has 5 heteroatoms. The van der Waals surface area contributed by atoms with Gasteiger partial charge in [0, 0.05) is 6.92 Å². The van der Waals surface area contributed by atoms with E-state index in [0.717, 1.165) is 16.9 Å². The lowest BCUT2D eigenvalue weighted by Gasteiger charge is -2.34. The highest BCUT2D eigenvalue weighted by Crippen LogP contribution is 2.56. The van der Waals surface area contributed by atoms with E-state index in [-0.39, 0.29) is 25.8 Å². The van der Waals surface area contributed by atoms with Crippen LogP contribution in [0.2, 0.25) is 0 Å². The van der Waals surface area contributed by atoms with Crippen LogP contribution in [0.25, 0.3) is 11.1 Å². The average Bonchev–Trinajstić information content (AvgIpc) is 3.22. The third kappa shape index (κ3) is 4.23. The Morgan fingerprint density at radius 3 is 1.61 bits per heavy atom. The van der Waals surface area contributed by atoms with Crippen molar-refractivity contribution in [1.82, 2.24) is 0 Å². The average molecular weight is 481 g/mol. The number of rotatable bonds is 9. The molecule has 0 aliphatic heterocycles. The molecule has 36 heavy (non-hydrogen) atoms. The first-order valence-corrected chi connectivity index (χ1v) is 12.0. The highest BCUT2D eigenvalue weighted by molar-refractivity contribution is 5.86. The Kier molecular flexibility index (Phi) is 6.74. The van der Waals surface area contributed by atoms with Gasteiger partial charge < -0.3 is 19.3 Å². The number of fused-ring (bicyclic) bond motifs is 3. The molecular weight excluding hydrogens is 452 g/mol. The summed E-state index contributed by atoms with van der Waals surface area (Å²) in [7, 11) is 0. The third-order valence-electron chi connectivity index (χ3n) is 6.54. The highest BCUT2D eigenvalue weighted by Gasteiger charge is 2.45. The van der Waals surface area contributed by atoms with Crippen molar-refractivity contribution in [2.75, 3.05) is 26.4 Å². The maximum absolute atomic E-state index is 11.0. The zero-order chi connectivity index (χ0) is 25.0. The van der Waals surface area contributed by atoms with E-state index in [1.807, 2.05) is 24.3 Å². The van der Waals surface area contributed by atoms with Gasteiger partial charge in [-0.1, -0.05) is 72.8 Å². The zero-order valence-electron chi connectivity index (χ0n) is 20.1. The molecule has 5 nitrogen and oxygen atoms in total. The summed E-state index contributed by atoms with van der Waals surface area (Å²) in [6, 6.07) is 33.4. The first-order chi connectivity index (χ1) is 17.6. The number of hydrogen-bond acceptors (Lipinski definition) is 5. The zero-order valence-corrected chi connectivity index (χ0v) is 20.1. The molecule has 4 aromatic carbocycles. The SMILES string of the molecule is CC(=O)OCCOc1ccc(C2(c3ccc(OCCO)cc3)c3ccccc3-c3ccccc32)cc1. The van der Waals surface area contributed by atoms with Gasteiger partial charge in [0.2, 0.25) is 0 Å². The Hall–Kier alpha value is -4.09. The molecule has 0 spiro atoms. The van der Waals surface area contributed by atoms with Crippen molar-refractivity contribution in [2.24, 2.45) is 0 Å². The van der Waals surface area contributed by atoms with E-state index < -0.39 is 5.41 Å². The minimum atomic E-state index is -0.515. The number of aliphatic hydroxyl groups excluding tert-OH is 1. The minimum absolute atomic E-state index is 0.0261. The van der Waals surface area contributed by atoms with Crippen LogP contribution in [-0.2, 0) is 14.9 Å². The van der Waals surface area contributed by atoms with E-state index in [1.165, 1.54) is 29.2 Å². The van der Waals surface area contributed by atoms with E-state index in [9.17, 15) is 4.79 Å². The number of benzene rings is 4. The van der Waals surface area contributed by atoms with Gasteiger partial charge in [-0.3, -0.25) is 4.79 Å². The van der Waals surface area contributed by atoms with Crippen LogP contribution in [-0.4, -0.2) is 37.5 Å². The standard InChI is InChI=1S/C31H28O5/c1-22(33)34-20-21-36-26-16-12-24(13-17-26)31(23-10-14-25(15-11-23)35-19-18-32)29-8-4-2-6-27(29)28-7-3-5-9-30(28)31/h2-17,32H,18-21H2,1H3. The molecule has 0 fully saturated rings. The van der Waals surface area contributed by atoms with Crippen LogP contribution in [0, 0.1) is 0 Å². The molecule has 1 N–H and O–H groups in total. The Morgan fingerprint density at radius 2 is 1.14 bits per heavy atom. The molecule has 5 rings (SSSR count). The Morgan fingerprint density at radius 1 is 0.667 bits per heavy atom. The quantitative estimate of drug-likeness (QED) is 0.227. The van der Waals surface area contributed by atoms with Gasteiger partial charge >= 0.3 is 5.97 Å². The van der Waals surface area contributed by atoms with Crippen LogP contribution < -0.4 is 9.47 Å². The first kappa shape index (κ1) is 23.6. The third-order valence-corrected chi connectivity index (χ3v) is 6.54. The van der Waals surface area contributed by atoms with Crippen LogP contribution in [0.5, 0.6) is 11.5 Å². The van der Waals surface area contributed by atoms with Gasteiger partial charge in [-0.25, -0.2) is 0 Å². The van der Waals surface area contributed by atoms with Crippen molar-refractivity contribution in [1.29, 1.82) is 0 Å². The minimum Gasteiger partial charge on any atom is -0.491 e. The lowest BCUT2D eigenvalue weighted by molar-refractivity contribution is -0.141. The topological polar surface area (TPSA) is 65.0 Å². The number of hydrogen-bond donors (Lipinski definition) is 1. The summed E-state index contributed by atoms with van der Waals surface area (Å²) in [5.41, 5.74) is 6.61. The van der Waals surface area contributed by atoms with Gasteiger partial charge in [0.15, 0.2) is 0 Å². The van der Waals surface area contributed by atoms with E-state index in [0.29, 0.717) is 12.4 Å². The van der Waals surface area contributed by atoms with E-state index in [4.69, 9.17) is 19.3 Å². The van der Waals surface area contributed by atoms with Gasteiger partial charge in [0.25, 0.3) is 0 Å². The molecule has 0 amide bonds. The molecule has 0 aromatic heterocycles. The fourth-order valence-electron chi connectivity index (χ4n) is 5.13. The van der Waals surface area contributed by atoms with Crippen molar-refractivity contribution in [2.45, 2.75) is 12.3 Å². The fraction of sp³-hybridized carbons (Fsp3) is 0.194. The van der Waals surface area contributed by atoms with Crippen LogP contribution in [0.15, 0.2) is 97.1 Å². The Labute approximate surface area is 210 Å². The van der Waals surface area contributed by atoms with Crippen molar-refractivity contribution in [3.05, 3.63) is 119 Å².